The number of hydrogen-bond donors (Lipinski definition) is 0. The summed E-state index contributed by atoms with van der Waals surface area (Å²) in [5.74, 6) is 0.224. The highest BCUT2D eigenvalue weighted by atomic mass is 32.1. The topological polar surface area (TPSA) is 34.1 Å². The summed E-state index contributed by atoms with van der Waals surface area (Å²) in [5.41, 5.74) is -0.958. The summed E-state index contributed by atoms with van der Waals surface area (Å²) in [7, 11) is 0. The van der Waals surface area contributed by atoms with Crippen LogP contribution in [0.4, 0.5) is 4.39 Å². The van der Waals surface area contributed by atoms with Crippen molar-refractivity contribution in [2.45, 2.75) is 45.7 Å². The third-order valence-corrected chi connectivity index (χ3v) is 8.13. The van der Waals surface area contributed by atoms with Crippen LogP contribution in [0.1, 0.15) is 39.5 Å². The molecule has 0 aromatic rings. The lowest BCUT2D eigenvalue weighted by molar-refractivity contribution is -0.132. The number of carbonyl (C=O) groups is 2. The number of fused-ring (bicyclic) bond motifs is 5. The van der Waals surface area contributed by atoms with Gasteiger partial charge in [0.2, 0.25) is 0 Å². The maximum Gasteiger partial charge on any atom is 0.198 e. The van der Waals surface area contributed by atoms with Crippen LogP contribution in [0.15, 0.2) is 24.3 Å². The maximum absolute atomic E-state index is 15.3. The predicted molar refractivity (Wildman–Crippen MR) is 94.4 cm³/mol. The van der Waals surface area contributed by atoms with Crippen molar-refractivity contribution in [3.05, 3.63) is 24.3 Å². The van der Waals surface area contributed by atoms with Gasteiger partial charge in [0.25, 0.3) is 0 Å². The minimum Gasteiger partial charge on any atom is -0.299 e. The van der Waals surface area contributed by atoms with Crippen molar-refractivity contribution in [3.8, 4) is 0 Å². The Balaban J connectivity index is 1.81. The molecule has 0 amide bonds. The first-order chi connectivity index (χ1) is 11.2. The Labute approximate surface area is 147 Å². The molecule has 0 aliphatic heterocycles. The third kappa shape index (κ3) is 1.73. The van der Waals surface area contributed by atoms with Crippen molar-refractivity contribution in [1.82, 2.24) is 0 Å². The molecule has 0 spiro atoms. The van der Waals surface area contributed by atoms with E-state index in [0.29, 0.717) is 17.1 Å². The van der Waals surface area contributed by atoms with Gasteiger partial charge in [-0.25, -0.2) is 4.39 Å². The molecule has 4 rings (SSSR count). The third-order valence-electron chi connectivity index (χ3n) is 7.69. The van der Waals surface area contributed by atoms with E-state index in [9.17, 15) is 9.59 Å². The molecule has 24 heavy (non-hydrogen) atoms. The molecule has 0 radical (unpaired) electrons. The van der Waals surface area contributed by atoms with E-state index >= 15 is 4.39 Å². The number of rotatable bonds is 0. The van der Waals surface area contributed by atoms with Crippen molar-refractivity contribution >= 4 is 28.6 Å². The summed E-state index contributed by atoms with van der Waals surface area (Å²) in [5, 5.41) is 0. The molecule has 4 aliphatic rings. The standard InChI is InChI=1S/C20H23FO2S/c1-10-16(23)17(24)14-5-4-11-12-6-7-15(22)19(12,2)9-8-13(11)20(14,3)18(10)21/h4-5,11-14,18H,1,6-9H2,2-3H3/t11-,12-,13-,14?,18+,19-,20+/m0/s1. The Bertz CT molecular complexity index is 710. The summed E-state index contributed by atoms with van der Waals surface area (Å²) in [6.07, 6.45) is 5.89. The summed E-state index contributed by atoms with van der Waals surface area (Å²) < 4.78 is 15.3. The molecule has 0 N–H and O–H groups in total. The Hall–Kier alpha value is -1.16. The zero-order chi connectivity index (χ0) is 17.4. The second-order valence-electron chi connectivity index (χ2n) is 8.52. The van der Waals surface area contributed by atoms with Gasteiger partial charge < -0.3 is 0 Å². The van der Waals surface area contributed by atoms with E-state index in [1.165, 1.54) is 0 Å². The second-order valence-corrected chi connectivity index (χ2v) is 8.96. The first-order valence-electron chi connectivity index (χ1n) is 8.86. The fourth-order valence-electron chi connectivity index (χ4n) is 6.14. The molecule has 0 aromatic carbocycles. The SMILES string of the molecule is C=C1C(=O)C(=S)C2C=C[C@@H]3[C@H](CC[C@]4(C)C(=O)CC[C@@H]34)[C@@]2(C)[C@@H]1F. The van der Waals surface area contributed by atoms with Crippen LogP contribution in [0.5, 0.6) is 0 Å². The Morgan fingerprint density at radius 2 is 1.92 bits per heavy atom. The van der Waals surface area contributed by atoms with Crippen LogP contribution in [0.2, 0.25) is 0 Å². The van der Waals surface area contributed by atoms with Gasteiger partial charge in [0.05, 0.1) is 4.86 Å². The van der Waals surface area contributed by atoms with Gasteiger partial charge in [0.15, 0.2) is 5.78 Å². The average molecular weight is 346 g/mol. The molecule has 7 atom stereocenters. The molecule has 1 unspecified atom stereocenters. The minimum atomic E-state index is -1.36. The number of thiocarbonyl (C=S) groups is 1. The Morgan fingerprint density at radius 1 is 1.21 bits per heavy atom. The van der Waals surface area contributed by atoms with Crippen LogP contribution >= 0.6 is 12.2 Å². The molecular weight excluding hydrogens is 323 g/mol. The van der Waals surface area contributed by atoms with Crippen LogP contribution in [0.3, 0.4) is 0 Å². The number of halogens is 1. The van der Waals surface area contributed by atoms with E-state index in [0.717, 1.165) is 19.3 Å². The van der Waals surface area contributed by atoms with Gasteiger partial charge in [-0.2, -0.15) is 0 Å². The molecule has 3 fully saturated rings. The molecule has 128 valence electrons. The molecule has 0 aromatic heterocycles. The maximum atomic E-state index is 15.3. The fraction of sp³-hybridized carbons (Fsp3) is 0.650. The molecule has 4 heteroatoms. The van der Waals surface area contributed by atoms with Gasteiger partial charge in [-0.3, -0.25) is 9.59 Å². The van der Waals surface area contributed by atoms with E-state index in [1.54, 1.807) is 0 Å². The summed E-state index contributed by atoms with van der Waals surface area (Å²) in [4.78, 5) is 24.9. The van der Waals surface area contributed by atoms with Gasteiger partial charge in [-0.1, -0.05) is 44.8 Å². The number of hydrogen-bond acceptors (Lipinski definition) is 3. The highest BCUT2D eigenvalue weighted by Crippen LogP contribution is 2.63. The number of Topliss-reactive ketones (excluding diaryl/α,β-unsaturated/α-hetero) is 2. The zero-order valence-electron chi connectivity index (χ0n) is 14.2. The van der Waals surface area contributed by atoms with Crippen LogP contribution in [-0.2, 0) is 9.59 Å². The lowest BCUT2D eigenvalue weighted by Crippen LogP contribution is -2.59. The molecule has 0 saturated heterocycles. The van der Waals surface area contributed by atoms with Gasteiger partial charge in [-0.05, 0) is 37.0 Å². The van der Waals surface area contributed by atoms with Crippen molar-refractivity contribution < 1.29 is 14.0 Å². The van der Waals surface area contributed by atoms with Crippen molar-refractivity contribution in [2.24, 2.45) is 34.5 Å². The highest BCUT2D eigenvalue weighted by Gasteiger charge is 2.63. The number of allylic oxidation sites excluding steroid dienone is 3. The van der Waals surface area contributed by atoms with Crippen molar-refractivity contribution in [3.63, 3.8) is 0 Å². The molecule has 0 bridgehead atoms. The number of carbonyl (C=O) groups excluding carboxylic acids is 2. The van der Waals surface area contributed by atoms with Gasteiger partial charge in [0, 0.05) is 28.7 Å². The molecule has 4 aliphatic carbocycles. The molecule has 2 nitrogen and oxygen atoms in total. The summed E-state index contributed by atoms with van der Waals surface area (Å²) in [6, 6.07) is 0. The smallest absolute Gasteiger partial charge is 0.198 e. The molecular formula is C20H23FO2S. The summed E-state index contributed by atoms with van der Waals surface area (Å²) in [6.45, 7) is 7.73. The van der Waals surface area contributed by atoms with E-state index in [4.69, 9.17) is 12.2 Å². The van der Waals surface area contributed by atoms with Crippen LogP contribution in [0, 0.1) is 34.5 Å². The van der Waals surface area contributed by atoms with Crippen LogP contribution in [0.25, 0.3) is 0 Å². The Kier molecular flexibility index (Phi) is 3.36. The normalized spacial score (nSPS) is 50.5. The zero-order valence-corrected chi connectivity index (χ0v) is 15.0. The summed E-state index contributed by atoms with van der Waals surface area (Å²) >= 11 is 5.37. The largest absolute Gasteiger partial charge is 0.299 e. The number of ketones is 2. The highest BCUT2D eigenvalue weighted by molar-refractivity contribution is 7.82. The van der Waals surface area contributed by atoms with Gasteiger partial charge >= 0.3 is 0 Å². The van der Waals surface area contributed by atoms with Crippen molar-refractivity contribution in [1.29, 1.82) is 0 Å². The average Bonchev–Trinajstić information content (AvgIpc) is 2.87. The first-order valence-corrected chi connectivity index (χ1v) is 9.26. The van der Waals surface area contributed by atoms with Crippen LogP contribution < -0.4 is 0 Å². The van der Waals surface area contributed by atoms with E-state index in [2.05, 4.69) is 19.6 Å². The lowest BCUT2D eigenvalue weighted by Gasteiger charge is -2.57. The van der Waals surface area contributed by atoms with Gasteiger partial charge in [0.1, 0.15) is 12.0 Å². The second kappa shape index (κ2) is 4.94. The first kappa shape index (κ1) is 16.3. The fourth-order valence-corrected chi connectivity index (χ4v) is 6.61. The van der Waals surface area contributed by atoms with E-state index < -0.39 is 11.6 Å². The quantitative estimate of drug-likeness (QED) is 0.377. The monoisotopic (exact) mass is 346 g/mol. The minimum absolute atomic E-state index is 0.0173. The van der Waals surface area contributed by atoms with Gasteiger partial charge in [-0.15, -0.1) is 0 Å². The number of alkyl halides is 1. The van der Waals surface area contributed by atoms with Crippen LogP contribution in [-0.4, -0.2) is 22.6 Å². The molecule has 3 saturated carbocycles. The van der Waals surface area contributed by atoms with Crippen molar-refractivity contribution in [2.75, 3.05) is 0 Å². The molecule has 0 heterocycles. The van der Waals surface area contributed by atoms with E-state index in [1.807, 2.05) is 13.0 Å². The predicted octanol–water partition coefficient (Wildman–Crippen LogP) is 4.04. The van der Waals surface area contributed by atoms with E-state index in [-0.39, 0.29) is 40.4 Å². The Morgan fingerprint density at radius 3 is 2.62 bits per heavy atom. The lowest BCUT2D eigenvalue weighted by atomic mass is 9.46.